The molecule has 0 fully saturated rings. The van der Waals surface area contributed by atoms with Crippen LogP contribution in [0.15, 0.2) is 53.4 Å². The maximum absolute atomic E-state index is 12.4. The minimum absolute atomic E-state index is 0.105. The van der Waals surface area contributed by atoms with Crippen LogP contribution in [0.4, 0.5) is 5.69 Å². The van der Waals surface area contributed by atoms with Gasteiger partial charge in [-0.05, 0) is 57.3 Å². The van der Waals surface area contributed by atoms with Gasteiger partial charge in [0.15, 0.2) is 0 Å². The third-order valence-electron chi connectivity index (χ3n) is 3.79. The largest absolute Gasteiger partial charge is 0.350 e. The molecule has 7 heteroatoms. The summed E-state index contributed by atoms with van der Waals surface area (Å²) in [5.41, 5.74) is 1.96. The van der Waals surface area contributed by atoms with Crippen LogP contribution in [-0.2, 0) is 10.0 Å². The lowest BCUT2D eigenvalue weighted by atomic mass is 10.2. The Morgan fingerprint density at radius 3 is 2.20 bits per heavy atom. The number of anilines is 1. The van der Waals surface area contributed by atoms with Gasteiger partial charge in [-0.1, -0.05) is 17.7 Å². The van der Waals surface area contributed by atoms with Crippen molar-refractivity contribution in [1.82, 2.24) is 10.6 Å². The average molecular weight is 361 g/mol. The van der Waals surface area contributed by atoms with Crippen molar-refractivity contribution in [3.63, 3.8) is 0 Å². The molecule has 0 aliphatic heterocycles. The van der Waals surface area contributed by atoms with Crippen molar-refractivity contribution in [3.8, 4) is 0 Å². The van der Waals surface area contributed by atoms with Crippen molar-refractivity contribution < 1.29 is 13.2 Å². The fraction of sp³-hybridized carbons (Fsp3) is 0.278. The molecule has 1 atom stereocenters. The van der Waals surface area contributed by atoms with Gasteiger partial charge < -0.3 is 10.6 Å². The summed E-state index contributed by atoms with van der Waals surface area (Å²) in [7, 11) is -1.87. The summed E-state index contributed by atoms with van der Waals surface area (Å²) in [6, 6.07) is 13.1. The maximum atomic E-state index is 12.4. The first-order valence-corrected chi connectivity index (χ1v) is 9.45. The molecule has 3 N–H and O–H groups in total. The molecule has 2 rings (SSSR count). The maximum Gasteiger partial charge on any atom is 0.261 e. The van der Waals surface area contributed by atoms with Crippen molar-refractivity contribution in [3.05, 3.63) is 59.7 Å². The van der Waals surface area contributed by atoms with E-state index in [4.69, 9.17) is 0 Å². The first kappa shape index (κ1) is 19.0. The molecule has 0 aromatic heterocycles. The van der Waals surface area contributed by atoms with Crippen molar-refractivity contribution in [2.24, 2.45) is 0 Å². The molecule has 0 saturated heterocycles. The standard InChI is InChI=1S/C18H23N3O3S/c1-13-4-8-16(9-5-13)21-25(23,24)17-10-6-15(7-11-17)18(22)20-12-14(2)19-3/h4-11,14,19,21H,12H2,1-3H3,(H,20,22). The Morgan fingerprint density at radius 2 is 1.64 bits per heavy atom. The van der Waals surface area contributed by atoms with Gasteiger partial charge in [0.05, 0.1) is 4.90 Å². The quantitative estimate of drug-likeness (QED) is 0.705. The summed E-state index contributed by atoms with van der Waals surface area (Å²) >= 11 is 0. The topological polar surface area (TPSA) is 87.3 Å². The van der Waals surface area contributed by atoms with Crippen LogP contribution < -0.4 is 15.4 Å². The normalized spacial score (nSPS) is 12.4. The zero-order chi connectivity index (χ0) is 18.4. The van der Waals surface area contributed by atoms with E-state index in [9.17, 15) is 13.2 Å². The molecule has 134 valence electrons. The number of hydrogen-bond acceptors (Lipinski definition) is 4. The van der Waals surface area contributed by atoms with Gasteiger partial charge in [-0.2, -0.15) is 0 Å². The van der Waals surface area contributed by atoms with Crippen molar-refractivity contribution in [1.29, 1.82) is 0 Å². The summed E-state index contributed by atoms with van der Waals surface area (Å²) in [5.74, 6) is -0.238. The van der Waals surface area contributed by atoms with Crippen molar-refractivity contribution >= 4 is 21.6 Å². The summed E-state index contributed by atoms with van der Waals surface area (Å²) in [6.07, 6.45) is 0. The number of carbonyl (C=O) groups is 1. The van der Waals surface area contributed by atoms with E-state index in [0.29, 0.717) is 17.8 Å². The van der Waals surface area contributed by atoms with Crippen LogP contribution >= 0.6 is 0 Å². The molecular formula is C18H23N3O3S. The van der Waals surface area contributed by atoms with Crippen LogP contribution in [0.2, 0.25) is 0 Å². The molecule has 0 saturated carbocycles. The fourth-order valence-electron chi connectivity index (χ4n) is 2.07. The van der Waals surface area contributed by atoms with E-state index in [-0.39, 0.29) is 16.8 Å². The van der Waals surface area contributed by atoms with Crippen LogP contribution in [0, 0.1) is 6.92 Å². The number of sulfonamides is 1. The predicted molar refractivity (Wildman–Crippen MR) is 99.3 cm³/mol. The van der Waals surface area contributed by atoms with Crippen LogP contribution in [0.25, 0.3) is 0 Å². The first-order chi connectivity index (χ1) is 11.8. The molecule has 1 unspecified atom stereocenters. The number of likely N-dealkylation sites (N-methyl/N-ethyl adjacent to an activating group) is 1. The Morgan fingerprint density at radius 1 is 1.04 bits per heavy atom. The first-order valence-electron chi connectivity index (χ1n) is 7.97. The predicted octanol–water partition coefficient (Wildman–Crippen LogP) is 2.13. The second-order valence-corrected chi connectivity index (χ2v) is 7.58. The van der Waals surface area contributed by atoms with Crippen LogP contribution in [0.1, 0.15) is 22.8 Å². The Kier molecular flexibility index (Phi) is 6.17. The fourth-order valence-corrected chi connectivity index (χ4v) is 3.13. The molecule has 0 aliphatic rings. The zero-order valence-corrected chi connectivity index (χ0v) is 15.4. The van der Waals surface area contributed by atoms with E-state index in [2.05, 4.69) is 15.4 Å². The summed E-state index contributed by atoms with van der Waals surface area (Å²) in [6.45, 7) is 4.37. The van der Waals surface area contributed by atoms with Gasteiger partial charge in [-0.25, -0.2) is 8.42 Å². The van der Waals surface area contributed by atoms with Crippen LogP contribution in [0.5, 0.6) is 0 Å². The van der Waals surface area contributed by atoms with E-state index in [0.717, 1.165) is 5.56 Å². The molecule has 0 aliphatic carbocycles. The third kappa shape index (κ3) is 5.30. The van der Waals surface area contributed by atoms with E-state index >= 15 is 0 Å². The number of nitrogens with one attached hydrogen (secondary N) is 3. The van der Waals surface area contributed by atoms with E-state index in [1.54, 1.807) is 12.1 Å². The van der Waals surface area contributed by atoms with Gasteiger partial charge in [-0.3, -0.25) is 9.52 Å². The minimum atomic E-state index is -3.69. The third-order valence-corrected chi connectivity index (χ3v) is 5.19. The lowest BCUT2D eigenvalue weighted by Crippen LogP contribution is -2.37. The van der Waals surface area contributed by atoms with Gasteiger partial charge in [0.2, 0.25) is 0 Å². The zero-order valence-electron chi connectivity index (χ0n) is 14.5. The summed E-state index contributed by atoms with van der Waals surface area (Å²) < 4.78 is 27.3. The molecule has 1 amide bonds. The Balaban J connectivity index is 2.07. The number of amides is 1. The molecule has 2 aromatic rings. The summed E-state index contributed by atoms with van der Waals surface area (Å²) in [5, 5.41) is 5.81. The minimum Gasteiger partial charge on any atom is -0.350 e. The van der Waals surface area contributed by atoms with Crippen LogP contribution in [-0.4, -0.2) is 34.0 Å². The van der Waals surface area contributed by atoms with Gasteiger partial charge >= 0.3 is 0 Å². The summed E-state index contributed by atoms with van der Waals surface area (Å²) in [4.78, 5) is 12.1. The Bertz CT molecular complexity index is 816. The number of aryl methyl sites for hydroxylation is 1. The highest BCUT2D eigenvalue weighted by atomic mass is 32.2. The number of rotatable bonds is 7. The highest BCUT2D eigenvalue weighted by molar-refractivity contribution is 7.92. The van der Waals surface area contributed by atoms with Gasteiger partial charge in [0.1, 0.15) is 0 Å². The molecular weight excluding hydrogens is 338 g/mol. The highest BCUT2D eigenvalue weighted by Gasteiger charge is 2.15. The Labute approximate surface area is 148 Å². The number of benzene rings is 2. The van der Waals surface area contributed by atoms with E-state index < -0.39 is 10.0 Å². The van der Waals surface area contributed by atoms with E-state index in [1.165, 1.54) is 24.3 Å². The monoisotopic (exact) mass is 361 g/mol. The molecule has 25 heavy (non-hydrogen) atoms. The van der Waals surface area contributed by atoms with Crippen LogP contribution in [0.3, 0.4) is 0 Å². The Hall–Kier alpha value is -2.38. The van der Waals surface area contributed by atoms with Crippen molar-refractivity contribution in [2.75, 3.05) is 18.3 Å². The number of hydrogen-bond donors (Lipinski definition) is 3. The highest BCUT2D eigenvalue weighted by Crippen LogP contribution is 2.17. The SMILES string of the molecule is CNC(C)CNC(=O)c1ccc(S(=O)(=O)Nc2ccc(C)cc2)cc1. The lowest BCUT2D eigenvalue weighted by molar-refractivity contribution is 0.0950. The van der Waals surface area contributed by atoms with Gasteiger partial charge in [0.25, 0.3) is 15.9 Å². The van der Waals surface area contributed by atoms with E-state index in [1.807, 2.05) is 33.0 Å². The molecule has 0 spiro atoms. The second kappa shape index (κ2) is 8.13. The lowest BCUT2D eigenvalue weighted by Gasteiger charge is -2.12. The van der Waals surface area contributed by atoms with Crippen molar-refractivity contribution in [2.45, 2.75) is 24.8 Å². The molecule has 0 bridgehead atoms. The molecule has 0 radical (unpaired) electrons. The molecule has 2 aromatic carbocycles. The molecule has 0 heterocycles. The van der Waals surface area contributed by atoms with Gasteiger partial charge in [0, 0.05) is 23.8 Å². The average Bonchev–Trinajstić information content (AvgIpc) is 2.61. The smallest absolute Gasteiger partial charge is 0.261 e. The second-order valence-electron chi connectivity index (χ2n) is 5.90. The molecule has 6 nitrogen and oxygen atoms in total. The number of carbonyl (C=O) groups excluding carboxylic acids is 1. The van der Waals surface area contributed by atoms with Gasteiger partial charge in [-0.15, -0.1) is 0 Å².